The van der Waals surface area contributed by atoms with E-state index < -0.39 is 5.76 Å². The Morgan fingerprint density at radius 2 is 2.03 bits per heavy atom. The summed E-state index contributed by atoms with van der Waals surface area (Å²) in [6, 6.07) is 5.04. The number of amides is 1. The van der Waals surface area contributed by atoms with Gasteiger partial charge in [0.1, 0.15) is 6.61 Å². The van der Waals surface area contributed by atoms with Gasteiger partial charge in [0.15, 0.2) is 11.4 Å². The minimum Gasteiger partial charge on any atom is -0.447 e. The zero-order chi connectivity index (χ0) is 21.6. The minimum atomic E-state index is -0.520. The number of carbonyl (C=O) groups excluding carboxylic acids is 2. The number of nitrogens with zero attached hydrogens (tertiary/aromatic N) is 1. The van der Waals surface area contributed by atoms with E-state index in [0.29, 0.717) is 42.2 Å². The van der Waals surface area contributed by atoms with E-state index in [2.05, 4.69) is 4.98 Å². The monoisotopic (exact) mass is 430 g/mol. The fourth-order valence-corrected chi connectivity index (χ4v) is 4.43. The number of benzene rings is 1. The summed E-state index contributed by atoms with van der Waals surface area (Å²) in [5.74, 6) is -0.0831. The molecule has 2 aromatic rings. The molecule has 3 heterocycles. The quantitative estimate of drug-likeness (QED) is 0.698. The van der Waals surface area contributed by atoms with Crippen molar-refractivity contribution in [2.45, 2.75) is 57.5 Å². The second-order valence-electron chi connectivity index (χ2n) is 8.54. The zero-order valence-electron chi connectivity index (χ0n) is 17.8. The Hall–Kier alpha value is -2.61. The molecule has 0 bridgehead atoms. The van der Waals surface area contributed by atoms with E-state index in [-0.39, 0.29) is 18.0 Å². The SMILES string of the molecule is O=C(CCC1CCCCN(C(=O)OCC2CCCO2)CC1)c1ccc2[nH]c(=O)oc2c1. The topological polar surface area (TPSA) is 102 Å². The lowest BCUT2D eigenvalue weighted by atomic mass is 9.90. The molecule has 168 valence electrons. The Bertz CT molecular complexity index is 958. The van der Waals surface area contributed by atoms with Crippen molar-refractivity contribution in [1.29, 1.82) is 0 Å². The molecule has 2 aliphatic rings. The van der Waals surface area contributed by atoms with Gasteiger partial charge in [0.05, 0.1) is 11.6 Å². The average Bonchev–Trinajstić information content (AvgIpc) is 3.39. The van der Waals surface area contributed by atoms with Crippen LogP contribution in [0.1, 0.15) is 61.7 Å². The molecule has 2 aliphatic heterocycles. The number of nitrogens with one attached hydrogen (secondary N) is 1. The maximum Gasteiger partial charge on any atom is 0.417 e. The number of rotatable bonds is 6. The van der Waals surface area contributed by atoms with E-state index >= 15 is 0 Å². The smallest absolute Gasteiger partial charge is 0.417 e. The molecule has 0 saturated carbocycles. The lowest BCUT2D eigenvalue weighted by molar-refractivity contribution is 0.0282. The van der Waals surface area contributed by atoms with Gasteiger partial charge in [-0.1, -0.05) is 12.8 Å². The standard InChI is InChI=1S/C23H30N2O6/c26-20(17-7-8-19-21(14-17)31-22(27)24-19)9-6-16-4-1-2-11-25(12-10-16)23(28)30-15-18-5-3-13-29-18/h7-8,14,16,18H,1-6,9-13,15H2,(H,24,27). The van der Waals surface area contributed by atoms with Crippen LogP contribution in [0, 0.1) is 5.92 Å². The van der Waals surface area contributed by atoms with Crippen molar-refractivity contribution < 1.29 is 23.5 Å². The van der Waals surface area contributed by atoms with Crippen LogP contribution in [-0.4, -0.2) is 54.2 Å². The maximum atomic E-state index is 12.6. The molecule has 4 rings (SSSR count). The molecule has 2 fully saturated rings. The number of Topliss-reactive ketones (excluding diaryl/α,β-unsaturated/α-hetero) is 1. The number of oxazole rings is 1. The van der Waals surface area contributed by atoms with Crippen LogP contribution < -0.4 is 5.76 Å². The van der Waals surface area contributed by atoms with E-state index in [0.717, 1.165) is 58.1 Å². The van der Waals surface area contributed by atoms with Crippen molar-refractivity contribution >= 4 is 23.0 Å². The third kappa shape index (κ3) is 5.76. The highest BCUT2D eigenvalue weighted by molar-refractivity contribution is 5.98. The van der Waals surface area contributed by atoms with Crippen LogP contribution in [0.5, 0.6) is 0 Å². The molecular formula is C23H30N2O6. The maximum absolute atomic E-state index is 12.6. The van der Waals surface area contributed by atoms with Gasteiger partial charge in [-0.15, -0.1) is 0 Å². The highest BCUT2D eigenvalue weighted by Crippen LogP contribution is 2.24. The molecule has 2 saturated heterocycles. The predicted molar refractivity (Wildman–Crippen MR) is 114 cm³/mol. The Morgan fingerprint density at radius 3 is 2.87 bits per heavy atom. The van der Waals surface area contributed by atoms with Gasteiger partial charge in [0.25, 0.3) is 0 Å². The van der Waals surface area contributed by atoms with Crippen LogP contribution >= 0.6 is 0 Å². The number of ketones is 1. The van der Waals surface area contributed by atoms with Crippen LogP contribution in [0.2, 0.25) is 0 Å². The summed E-state index contributed by atoms with van der Waals surface area (Å²) in [6.45, 7) is 2.46. The molecular weight excluding hydrogens is 400 g/mol. The van der Waals surface area contributed by atoms with Gasteiger partial charge in [-0.05, 0) is 56.2 Å². The van der Waals surface area contributed by atoms with Crippen LogP contribution in [-0.2, 0) is 9.47 Å². The molecule has 0 aliphatic carbocycles. The van der Waals surface area contributed by atoms with Crippen molar-refractivity contribution in [3.63, 3.8) is 0 Å². The first-order chi connectivity index (χ1) is 15.1. The Morgan fingerprint density at radius 1 is 1.13 bits per heavy atom. The lowest BCUT2D eigenvalue weighted by Gasteiger charge is -2.28. The fraction of sp³-hybridized carbons (Fsp3) is 0.609. The van der Waals surface area contributed by atoms with Crippen molar-refractivity contribution in [3.05, 3.63) is 34.3 Å². The minimum absolute atomic E-state index is 0.0379. The van der Waals surface area contributed by atoms with Crippen LogP contribution in [0.25, 0.3) is 11.1 Å². The molecule has 1 amide bonds. The third-order valence-electron chi connectivity index (χ3n) is 6.30. The van der Waals surface area contributed by atoms with Crippen molar-refractivity contribution in [1.82, 2.24) is 9.88 Å². The first-order valence-electron chi connectivity index (χ1n) is 11.3. The summed E-state index contributed by atoms with van der Waals surface area (Å²) in [6.07, 6.45) is 6.90. The number of likely N-dealkylation sites (tertiary alicyclic amines) is 1. The van der Waals surface area contributed by atoms with E-state index in [1.165, 1.54) is 0 Å². The number of ether oxygens (including phenoxy) is 2. The third-order valence-corrected chi connectivity index (χ3v) is 6.30. The van der Waals surface area contributed by atoms with Crippen molar-refractivity contribution in [3.8, 4) is 0 Å². The van der Waals surface area contributed by atoms with Gasteiger partial charge in [0, 0.05) is 31.7 Å². The van der Waals surface area contributed by atoms with E-state index in [9.17, 15) is 14.4 Å². The van der Waals surface area contributed by atoms with Crippen LogP contribution in [0.3, 0.4) is 0 Å². The number of aromatic nitrogens is 1. The van der Waals surface area contributed by atoms with E-state index in [4.69, 9.17) is 13.9 Å². The molecule has 1 N–H and O–H groups in total. The number of fused-ring (bicyclic) bond motifs is 1. The average molecular weight is 431 g/mol. The van der Waals surface area contributed by atoms with Crippen LogP contribution in [0.15, 0.2) is 27.4 Å². The van der Waals surface area contributed by atoms with Gasteiger partial charge < -0.3 is 18.8 Å². The number of hydrogen-bond acceptors (Lipinski definition) is 6. The van der Waals surface area contributed by atoms with E-state index in [1.54, 1.807) is 23.1 Å². The van der Waals surface area contributed by atoms with E-state index in [1.807, 2.05) is 0 Å². The molecule has 0 spiro atoms. The Balaban J connectivity index is 1.25. The van der Waals surface area contributed by atoms with Crippen molar-refractivity contribution in [2.24, 2.45) is 5.92 Å². The second kappa shape index (κ2) is 10.1. The molecule has 31 heavy (non-hydrogen) atoms. The molecule has 8 heteroatoms. The molecule has 8 nitrogen and oxygen atoms in total. The first kappa shape index (κ1) is 21.6. The summed E-state index contributed by atoms with van der Waals surface area (Å²) in [4.78, 5) is 40.8. The summed E-state index contributed by atoms with van der Waals surface area (Å²) in [7, 11) is 0. The van der Waals surface area contributed by atoms with Crippen molar-refractivity contribution in [2.75, 3.05) is 26.3 Å². The largest absolute Gasteiger partial charge is 0.447 e. The number of H-pyrrole nitrogens is 1. The van der Waals surface area contributed by atoms with Gasteiger partial charge in [-0.3, -0.25) is 9.78 Å². The number of hydrogen-bond donors (Lipinski definition) is 1. The Kier molecular flexibility index (Phi) is 7.06. The normalized spacial score (nSPS) is 22.3. The Labute approximate surface area is 180 Å². The molecule has 2 atom stereocenters. The molecule has 0 radical (unpaired) electrons. The zero-order valence-corrected chi connectivity index (χ0v) is 17.8. The number of carbonyl (C=O) groups is 2. The van der Waals surface area contributed by atoms with Gasteiger partial charge in [-0.25, -0.2) is 9.59 Å². The van der Waals surface area contributed by atoms with Crippen LogP contribution in [0.4, 0.5) is 4.79 Å². The second-order valence-corrected chi connectivity index (χ2v) is 8.54. The molecule has 1 aromatic carbocycles. The van der Waals surface area contributed by atoms with Gasteiger partial charge in [-0.2, -0.15) is 0 Å². The highest BCUT2D eigenvalue weighted by atomic mass is 16.6. The summed E-state index contributed by atoms with van der Waals surface area (Å²) in [5.41, 5.74) is 1.55. The fourth-order valence-electron chi connectivity index (χ4n) is 4.43. The highest BCUT2D eigenvalue weighted by Gasteiger charge is 2.23. The number of aromatic amines is 1. The summed E-state index contributed by atoms with van der Waals surface area (Å²) >= 11 is 0. The van der Waals surface area contributed by atoms with Gasteiger partial charge in [0.2, 0.25) is 0 Å². The van der Waals surface area contributed by atoms with Gasteiger partial charge >= 0.3 is 11.8 Å². The lowest BCUT2D eigenvalue weighted by Crippen LogP contribution is -2.36. The summed E-state index contributed by atoms with van der Waals surface area (Å²) < 4.78 is 16.0. The summed E-state index contributed by atoms with van der Waals surface area (Å²) in [5, 5.41) is 0. The first-order valence-corrected chi connectivity index (χ1v) is 11.3. The molecule has 1 aromatic heterocycles. The molecule has 2 unspecified atom stereocenters. The predicted octanol–water partition coefficient (Wildman–Crippen LogP) is 3.89.